The summed E-state index contributed by atoms with van der Waals surface area (Å²) in [6.45, 7) is 8.64. The largest absolute Gasteiger partial charge is 0.464 e. The van der Waals surface area contributed by atoms with Gasteiger partial charge < -0.3 is 15.1 Å². The monoisotopic (exact) mass is 238 g/mol. The van der Waals surface area contributed by atoms with Crippen LogP contribution >= 0.6 is 0 Å². The Morgan fingerprint density at radius 2 is 2.06 bits per heavy atom. The molecule has 0 aromatic carbocycles. The summed E-state index contributed by atoms with van der Waals surface area (Å²) in [7, 11) is 0. The van der Waals surface area contributed by atoms with Crippen LogP contribution < -0.4 is 10.6 Å². The molecule has 1 unspecified atom stereocenters. The van der Waals surface area contributed by atoms with Crippen LogP contribution in [0, 0.1) is 6.92 Å². The van der Waals surface area contributed by atoms with Gasteiger partial charge in [-0.25, -0.2) is 0 Å². The first kappa shape index (κ1) is 13.8. The lowest BCUT2D eigenvalue weighted by Crippen LogP contribution is -2.31. The Morgan fingerprint density at radius 1 is 1.35 bits per heavy atom. The standard InChI is InChI=1S/C13H22N2O2/c1-9(2)14-8-7-13(16)15-11(4)12-6-5-10(3)17-12/h5-6,9,11,14H,7-8H2,1-4H3,(H,15,16). The third-order valence-electron chi connectivity index (χ3n) is 2.47. The minimum Gasteiger partial charge on any atom is -0.464 e. The Labute approximate surface area is 103 Å². The lowest BCUT2D eigenvalue weighted by Gasteiger charge is -2.12. The van der Waals surface area contributed by atoms with Gasteiger partial charge in [0.25, 0.3) is 0 Å². The Balaban J connectivity index is 2.31. The fourth-order valence-corrected chi connectivity index (χ4v) is 1.55. The number of carbonyl (C=O) groups excluding carboxylic acids is 1. The Bertz CT molecular complexity index is 358. The van der Waals surface area contributed by atoms with E-state index in [-0.39, 0.29) is 11.9 Å². The van der Waals surface area contributed by atoms with Crippen LogP contribution in [0.2, 0.25) is 0 Å². The van der Waals surface area contributed by atoms with Crippen LogP contribution in [-0.4, -0.2) is 18.5 Å². The zero-order valence-electron chi connectivity index (χ0n) is 11.0. The molecule has 0 aliphatic heterocycles. The lowest BCUT2D eigenvalue weighted by atomic mass is 10.2. The smallest absolute Gasteiger partial charge is 0.221 e. The fraction of sp³-hybridized carbons (Fsp3) is 0.615. The molecule has 1 aromatic heterocycles. The summed E-state index contributed by atoms with van der Waals surface area (Å²) >= 11 is 0. The molecular weight excluding hydrogens is 216 g/mol. The SMILES string of the molecule is Cc1ccc(C(C)NC(=O)CCNC(C)C)o1. The van der Waals surface area contributed by atoms with Gasteiger partial charge in [-0.05, 0) is 26.0 Å². The topological polar surface area (TPSA) is 54.3 Å². The number of nitrogens with one attached hydrogen (secondary N) is 2. The predicted molar refractivity (Wildman–Crippen MR) is 67.8 cm³/mol. The average molecular weight is 238 g/mol. The summed E-state index contributed by atoms with van der Waals surface area (Å²) in [6.07, 6.45) is 0.488. The van der Waals surface area contributed by atoms with E-state index in [0.717, 1.165) is 11.5 Å². The third kappa shape index (κ3) is 5.04. The molecular formula is C13H22N2O2. The van der Waals surface area contributed by atoms with Crippen LogP contribution in [0.15, 0.2) is 16.5 Å². The quantitative estimate of drug-likeness (QED) is 0.798. The van der Waals surface area contributed by atoms with Crippen molar-refractivity contribution in [1.82, 2.24) is 10.6 Å². The molecule has 17 heavy (non-hydrogen) atoms. The zero-order valence-corrected chi connectivity index (χ0v) is 11.0. The predicted octanol–water partition coefficient (Wildman–Crippen LogP) is 2.15. The van der Waals surface area contributed by atoms with Gasteiger partial charge in [-0.1, -0.05) is 13.8 Å². The highest BCUT2D eigenvalue weighted by molar-refractivity contribution is 5.76. The van der Waals surface area contributed by atoms with Crippen LogP contribution in [-0.2, 0) is 4.79 Å². The fourth-order valence-electron chi connectivity index (χ4n) is 1.55. The number of hydrogen-bond donors (Lipinski definition) is 2. The highest BCUT2D eigenvalue weighted by Gasteiger charge is 2.12. The first-order valence-corrected chi connectivity index (χ1v) is 6.08. The molecule has 1 amide bonds. The molecule has 0 aliphatic carbocycles. The Hall–Kier alpha value is -1.29. The van der Waals surface area contributed by atoms with Crippen LogP contribution in [0.5, 0.6) is 0 Å². The first-order valence-electron chi connectivity index (χ1n) is 6.08. The van der Waals surface area contributed by atoms with E-state index in [2.05, 4.69) is 24.5 Å². The second-order valence-electron chi connectivity index (χ2n) is 4.60. The molecule has 1 heterocycles. The molecule has 0 fully saturated rings. The highest BCUT2D eigenvalue weighted by atomic mass is 16.3. The zero-order chi connectivity index (χ0) is 12.8. The molecule has 0 bridgehead atoms. The van der Waals surface area contributed by atoms with Crippen LogP contribution in [0.25, 0.3) is 0 Å². The Morgan fingerprint density at radius 3 is 2.59 bits per heavy atom. The van der Waals surface area contributed by atoms with E-state index >= 15 is 0 Å². The van der Waals surface area contributed by atoms with E-state index < -0.39 is 0 Å². The van der Waals surface area contributed by atoms with Gasteiger partial charge in [-0.2, -0.15) is 0 Å². The summed E-state index contributed by atoms with van der Waals surface area (Å²) in [5.41, 5.74) is 0. The first-order chi connectivity index (χ1) is 7.99. The van der Waals surface area contributed by atoms with E-state index in [1.165, 1.54) is 0 Å². The second-order valence-corrected chi connectivity index (χ2v) is 4.60. The minimum absolute atomic E-state index is 0.0414. The summed E-state index contributed by atoms with van der Waals surface area (Å²) in [4.78, 5) is 11.6. The summed E-state index contributed by atoms with van der Waals surface area (Å²) in [5, 5.41) is 6.12. The van der Waals surface area contributed by atoms with Gasteiger partial charge in [0.05, 0.1) is 6.04 Å². The van der Waals surface area contributed by atoms with Crippen molar-refractivity contribution in [2.45, 2.75) is 46.2 Å². The number of hydrogen-bond acceptors (Lipinski definition) is 3. The molecule has 1 rings (SSSR count). The molecule has 0 radical (unpaired) electrons. The van der Waals surface area contributed by atoms with Crippen molar-refractivity contribution in [3.63, 3.8) is 0 Å². The van der Waals surface area contributed by atoms with Gasteiger partial charge in [-0.15, -0.1) is 0 Å². The number of amides is 1. The molecule has 1 aromatic rings. The van der Waals surface area contributed by atoms with Crippen LogP contribution in [0.3, 0.4) is 0 Å². The normalized spacial score (nSPS) is 12.8. The highest BCUT2D eigenvalue weighted by Crippen LogP contribution is 2.15. The van der Waals surface area contributed by atoms with Gasteiger partial charge in [0.15, 0.2) is 0 Å². The number of carbonyl (C=O) groups is 1. The van der Waals surface area contributed by atoms with E-state index in [9.17, 15) is 4.79 Å². The van der Waals surface area contributed by atoms with Gasteiger partial charge in [0.1, 0.15) is 11.5 Å². The average Bonchev–Trinajstić information content (AvgIpc) is 2.64. The van der Waals surface area contributed by atoms with Crippen molar-refractivity contribution in [3.8, 4) is 0 Å². The van der Waals surface area contributed by atoms with E-state index in [1.54, 1.807) is 0 Å². The lowest BCUT2D eigenvalue weighted by molar-refractivity contribution is -0.121. The minimum atomic E-state index is -0.0738. The van der Waals surface area contributed by atoms with E-state index in [1.807, 2.05) is 26.0 Å². The molecule has 0 saturated heterocycles. The van der Waals surface area contributed by atoms with E-state index in [4.69, 9.17) is 4.42 Å². The van der Waals surface area contributed by atoms with Crippen molar-refractivity contribution in [3.05, 3.63) is 23.7 Å². The van der Waals surface area contributed by atoms with E-state index in [0.29, 0.717) is 19.0 Å². The van der Waals surface area contributed by atoms with Gasteiger partial charge in [0.2, 0.25) is 5.91 Å². The Kier molecular flexibility index (Phi) is 5.22. The van der Waals surface area contributed by atoms with Crippen molar-refractivity contribution in [2.24, 2.45) is 0 Å². The maximum atomic E-state index is 11.6. The maximum absolute atomic E-state index is 11.6. The van der Waals surface area contributed by atoms with Crippen molar-refractivity contribution < 1.29 is 9.21 Å². The summed E-state index contributed by atoms with van der Waals surface area (Å²) in [5.74, 6) is 1.70. The molecule has 96 valence electrons. The van der Waals surface area contributed by atoms with Crippen LogP contribution in [0.4, 0.5) is 0 Å². The molecule has 0 saturated carbocycles. The molecule has 4 nitrogen and oxygen atoms in total. The molecule has 4 heteroatoms. The van der Waals surface area contributed by atoms with Crippen molar-refractivity contribution >= 4 is 5.91 Å². The third-order valence-corrected chi connectivity index (χ3v) is 2.47. The number of rotatable bonds is 6. The number of aryl methyl sites for hydroxylation is 1. The van der Waals surface area contributed by atoms with Gasteiger partial charge in [-0.3, -0.25) is 4.79 Å². The second kappa shape index (κ2) is 6.45. The van der Waals surface area contributed by atoms with Crippen molar-refractivity contribution in [2.75, 3.05) is 6.54 Å². The number of furan rings is 1. The summed E-state index contributed by atoms with van der Waals surface area (Å²) < 4.78 is 5.46. The van der Waals surface area contributed by atoms with Gasteiger partial charge in [0, 0.05) is 19.0 Å². The maximum Gasteiger partial charge on any atom is 0.221 e. The molecule has 2 N–H and O–H groups in total. The van der Waals surface area contributed by atoms with Crippen molar-refractivity contribution in [1.29, 1.82) is 0 Å². The van der Waals surface area contributed by atoms with Crippen LogP contribution in [0.1, 0.15) is 44.8 Å². The molecule has 0 aliphatic rings. The molecule has 0 spiro atoms. The van der Waals surface area contributed by atoms with Gasteiger partial charge >= 0.3 is 0 Å². The summed E-state index contributed by atoms with van der Waals surface area (Å²) in [6, 6.07) is 4.13. The molecule has 1 atom stereocenters.